The van der Waals surface area contributed by atoms with E-state index in [9.17, 15) is 8.42 Å². The molecule has 0 aliphatic heterocycles. The van der Waals surface area contributed by atoms with E-state index in [1.165, 1.54) is 11.3 Å². The summed E-state index contributed by atoms with van der Waals surface area (Å²) in [6, 6.07) is 3.80. The second-order valence-corrected chi connectivity index (χ2v) is 7.73. The summed E-state index contributed by atoms with van der Waals surface area (Å²) in [7, 11) is -3.26. The molecule has 0 amide bonds. The Labute approximate surface area is 113 Å². The van der Waals surface area contributed by atoms with Gasteiger partial charge in [0.25, 0.3) is 0 Å². The maximum absolute atomic E-state index is 12.0. The van der Waals surface area contributed by atoms with Crippen molar-refractivity contribution in [2.75, 3.05) is 13.1 Å². The Bertz CT molecular complexity index is 478. The molecule has 0 unspecified atom stereocenters. The molecule has 1 aromatic heterocycles. The van der Waals surface area contributed by atoms with Gasteiger partial charge in [-0.15, -0.1) is 11.3 Å². The van der Waals surface area contributed by atoms with Crippen LogP contribution in [0.4, 0.5) is 0 Å². The quantitative estimate of drug-likeness (QED) is 0.716. The van der Waals surface area contributed by atoms with Gasteiger partial charge in [-0.25, -0.2) is 13.1 Å². The monoisotopic (exact) mass is 288 g/mol. The van der Waals surface area contributed by atoms with Crippen molar-refractivity contribution in [3.63, 3.8) is 0 Å². The van der Waals surface area contributed by atoms with Crippen LogP contribution < -0.4 is 10.0 Å². The summed E-state index contributed by atoms with van der Waals surface area (Å²) in [5, 5.41) is 3.32. The molecule has 6 heteroatoms. The molecular formula is C12H20N2O2S2. The van der Waals surface area contributed by atoms with Crippen molar-refractivity contribution in [1.82, 2.24) is 10.0 Å². The van der Waals surface area contributed by atoms with Crippen molar-refractivity contribution in [3.05, 3.63) is 17.0 Å². The van der Waals surface area contributed by atoms with Crippen molar-refractivity contribution in [1.29, 1.82) is 0 Å². The van der Waals surface area contributed by atoms with Crippen LogP contribution in [0, 0.1) is 0 Å². The van der Waals surface area contributed by atoms with Gasteiger partial charge in [-0.05, 0) is 50.9 Å². The molecule has 4 nitrogen and oxygen atoms in total. The molecule has 102 valence electrons. The van der Waals surface area contributed by atoms with E-state index in [1.807, 2.05) is 6.07 Å². The van der Waals surface area contributed by atoms with Crippen LogP contribution in [-0.2, 0) is 16.4 Å². The summed E-state index contributed by atoms with van der Waals surface area (Å²) in [6.45, 7) is 4.05. The van der Waals surface area contributed by atoms with Gasteiger partial charge < -0.3 is 5.32 Å². The summed E-state index contributed by atoms with van der Waals surface area (Å²) in [4.78, 5) is 1.12. The molecule has 0 aromatic carbocycles. The van der Waals surface area contributed by atoms with E-state index in [-0.39, 0.29) is 6.04 Å². The number of sulfonamides is 1. The fraction of sp³-hybridized carbons (Fsp3) is 0.667. The molecule has 0 saturated heterocycles. The Hall–Kier alpha value is -0.430. The van der Waals surface area contributed by atoms with E-state index >= 15 is 0 Å². The third-order valence-corrected chi connectivity index (χ3v) is 5.93. The zero-order valence-corrected chi connectivity index (χ0v) is 12.2. The van der Waals surface area contributed by atoms with Gasteiger partial charge in [0.05, 0.1) is 0 Å². The van der Waals surface area contributed by atoms with E-state index < -0.39 is 10.0 Å². The molecule has 0 bridgehead atoms. The summed E-state index contributed by atoms with van der Waals surface area (Å²) >= 11 is 1.38. The van der Waals surface area contributed by atoms with Gasteiger partial charge >= 0.3 is 0 Å². The van der Waals surface area contributed by atoms with Crippen LogP contribution >= 0.6 is 11.3 Å². The summed E-state index contributed by atoms with van der Waals surface area (Å²) < 4.78 is 27.1. The Morgan fingerprint density at radius 3 is 2.78 bits per heavy atom. The molecule has 1 fully saturated rings. The maximum atomic E-state index is 12.0. The van der Waals surface area contributed by atoms with E-state index in [4.69, 9.17) is 0 Å². The van der Waals surface area contributed by atoms with Crippen LogP contribution in [0.2, 0.25) is 0 Å². The molecule has 1 aliphatic rings. The lowest BCUT2D eigenvalue weighted by Crippen LogP contribution is -2.24. The maximum Gasteiger partial charge on any atom is 0.250 e. The summed E-state index contributed by atoms with van der Waals surface area (Å²) in [5.74, 6) is 0. The van der Waals surface area contributed by atoms with E-state index in [2.05, 4.69) is 17.0 Å². The largest absolute Gasteiger partial charge is 0.316 e. The highest BCUT2D eigenvalue weighted by Gasteiger charge is 2.28. The second kappa shape index (κ2) is 6.14. The molecule has 2 rings (SSSR count). The lowest BCUT2D eigenvalue weighted by molar-refractivity contribution is 0.583. The number of hydrogen-bond acceptors (Lipinski definition) is 4. The van der Waals surface area contributed by atoms with Gasteiger partial charge in [-0.2, -0.15) is 0 Å². The molecule has 1 saturated carbocycles. The highest BCUT2D eigenvalue weighted by Crippen LogP contribution is 2.26. The van der Waals surface area contributed by atoms with Crippen molar-refractivity contribution in [2.24, 2.45) is 0 Å². The van der Waals surface area contributed by atoms with Crippen LogP contribution in [0.15, 0.2) is 16.3 Å². The van der Waals surface area contributed by atoms with Crippen LogP contribution in [0.25, 0.3) is 0 Å². The summed E-state index contributed by atoms with van der Waals surface area (Å²) in [6.07, 6.45) is 3.95. The highest BCUT2D eigenvalue weighted by atomic mass is 32.2. The smallest absolute Gasteiger partial charge is 0.250 e. The highest BCUT2D eigenvalue weighted by molar-refractivity contribution is 7.91. The SMILES string of the molecule is CCCNCCc1ccc(S(=O)(=O)NC2CC2)s1. The molecule has 1 aliphatic carbocycles. The minimum Gasteiger partial charge on any atom is -0.316 e. The Kier molecular flexibility index (Phi) is 4.77. The minimum absolute atomic E-state index is 0.173. The van der Waals surface area contributed by atoms with Crippen LogP contribution in [-0.4, -0.2) is 27.5 Å². The topological polar surface area (TPSA) is 58.2 Å². The zero-order chi connectivity index (χ0) is 13.0. The molecule has 0 atom stereocenters. The average molecular weight is 288 g/mol. The van der Waals surface area contributed by atoms with Gasteiger partial charge in [0.2, 0.25) is 10.0 Å². The first-order valence-corrected chi connectivity index (χ1v) is 8.73. The fourth-order valence-electron chi connectivity index (χ4n) is 1.63. The van der Waals surface area contributed by atoms with Gasteiger partial charge in [-0.1, -0.05) is 6.92 Å². The normalized spacial score (nSPS) is 16.1. The molecule has 18 heavy (non-hydrogen) atoms. The van der Waals surface area contributed by atoms with Gasteiger partial charge in [0.15, 0.2) is 0 Å². The molecule has 1 aromatic rings. The standard InChI is InChI=1S/C12H20N2O2S2/c1-2-8-13-9-7-11-5-6-12(17-11)18(15,16)14-10-3-4-10/h5-6,10,13-14H,2-4,7-9H2,1H3. The molecule has 1 heterocycles. The first-order chi connectivity index (χ1) is 8.62. The average Bonchev–Trinajstić information content (AvgIpc) is 2.98. The molecular weight excluding hydrogens is 268 g/mol. The molecule has 0 spiro atoms. The van der Waals surface area contributed by atoms with Crippen LogP contribution in [0.5, 0.6) is 0 Å². The molecule has 2 N–H and O–H groups in total. The molecule has 0 radical (unpaired) electrons. The van der Waals surface area contributed by atoms with Crippen molar-refractivity contribution >= 4 is 21.4 Å². The zero-order valence-electron chi connectivity index (χ0n) is 10.6. The second-order valence-electron chi connectivity index (χ2n) is 4.62. The first-order valence-electron chi connectivity index (χ1n) is 6.43. The predicted octanol–water partition coefficient (Wildman–Crippen LogP) is 1.73. The van der Waals surface area contributed by atoms with E-state index in [1.54, 1.807) is 6.07 Å². The summed E-state index contributed by atoms with van der Waals surface area (Å²) in [5.41, 5.74) is 0. The Balaban J connectivity index is 1.88. The number of hydrogen-bond donors (Lipinski definition) is 2. The Morgan fingerprint density at radius 1 is 1.33 bits per heavy atom. The fourth-order valence-corrected chi connectivity index (χ4v) is 4.31. The van der Waals surface area contributed by atoms with E-state index in [0.29, 0.717) is 4.21 Å². The number of thiophene rings is 1. The number of rotatable bonds is 8. The Morgan fingerprint density at radius 2 is 2.11 bits per heavy atom. The van der Waals surface area contributed by atoms with Gasteiger partial charge in [-0.3, -0.25) is 0 Å². The van der Waals surface area contributed by atoms with Gasteiger partial charge in [0, 0.05) is 10.9 Å². The van der Waals surface area contributed by atoms with Crippen molar-refractivity contribution in [3.8, 4) is 0 Å². The first kappa shape index (κ1) is 14.0. The lowest BCUT2D eigenvalue weighted by Gasteiger charge is -2.02. The van der Waals surface area contributed by atoms with Crippen molar-refractivity contribution in [2.45, 2.75) is 42.9 Å². The third kappa shape index (κ3) is 4.05. The van der Waals surface area contributed by atoms with Crippen LogP contribution in [0.3, 0.4) is 0 Å². The number of nitrogens with one attached hydrogen (secondary N) is 2. The lowest BCUT2D eigenvalue weighted by atomic mass is 10.3. The van der Waals surface area contributed by atoms with Crippen molar-refractivity contribution < 1.29 is 8.42 Å². The third-order valence-electron chi connectivity index (χ3n) is 2.78. The van der Waals surface area contributed by atoms with Crippen LogP contribution in [0.1, 0.15) is 31.1 Å². The van der Waals surface area contributed by atoms with E-state index in [0.717, 1.165) is 43.6 Å². The predicted molar refractivity (Wildman–Crippen MR) is 74.5 cm³/mol. The minimum atomic E-state index is -3.26. The van der Waals surface area contributed by atoms with Gasteiger partial charge in [0.1, 0.15) is 4.21 Å².